The molecular weight excluding hydrogens is 388 g/mol. The van der Waals surface area contributed by atoms with E-state index >= 15 is 0 Å². The first kappa shape index (κ1) is 20.5. The highest BCUT2D eigenvalue weighted by Gasteiger charge is 2.41. The Morgan fingerprint density at radius 2 is 1.77 bits per heavy atom. The summed E-state index contributed by atoms with van der Waals surface area (Å²) in [4.78, 5) is 43.3. The van der Waals surface area contributed by atoms with Crippen molar-refractivity contribution in [2.75, 3.05) is 44.7 Å². The van der Waals surface area contributed by atoms with Crippen LogP contribution < -0.4 is 4.90 Å². The Balaban J connectivity index is 1.37. The second-order valence-corrected chi connectivity index (χ2v) is 8.37. The molecule has 0 bridgehead atoms. The molecule has 2 atom stereocenters. The maximum Gasteiger partial charge on any atom is 0.410 e. The molecule has 0 aliphatic carbocycles. The molecule has 1 aromatic carbocycles. The van der Waals surface area contributed by atoms with Gasteiger partial charge in [-0.25, -0.2) is 9.59 Å². The maximum atomic E-state index is 12.7. The van der Waals surface area contributed by atoms with Crippen LogP contribution in [-0.2, 0) is 27.4 Å². The summed E-state index contributed by atoms with van der Waals surface area (Å²) in [5.41, 5.74) is 3.39. The molecule has 2 amide bonds. The summed E-state index contributed by atoms with van der Waals surface area (Å²) < 4.78 is 5.56. The molecule has 1 aromatic rings. The van der Waals surface area contributed by atoms with E-state index in [0.29, 0.717) is 13.1 Å². The fourth-order valence-electron chi connectivity index (χ4n) is 4.45. The Hall–Kier alpha value is -2.81. The average Bonchev–Trinajstić information content (AvgIpc) is 3.32. The van der Waals surface area contributed by atoms with Crippen LogP contribution in [0.2, 0.25) is 0 Å². The SMILES string of the molecule is CC(=O)N1C[C@H](OC(=O)N2Cc3ccc(N4CCN(C)CC4)cc3C2)C[C@H]1C(=O)O. The van der Waals surface area contributed by atoms with Crippen molar-refractivity contribution in [2.45, 2.75) is 38.6 Å². The third kappa shape index (κ3) is 4.07. The number of likely N-dealkylation sites (N-methyl/N-ethyl adjacent to an activating group) is 1. The monoisotopic (exact) mass is 416 g/mol. The van der Waals surface area contributed by atoms with Gasteiger partial charge in [0.1, 0.15) is 12.1 Å². The summed E-state index contributed by atoms with van der Waals surface area (Å²) in [6.07, 6.45) is -0.950. The number of aliphatic carboxylic acids is 1. The van der Waals surface area contributed by atoms with Crippen LogP contribution >= 0.6 is 0 Å². The molecule has 30 heavy (non-hydrogen) atoms. The number of carboxylic acid groups (broad SMARTS) is 1. The summed E-state index contributed by atoms with van der Waals surface area (Å²) in [5.74, 6) is -1.40. The third-order valence-corrected chi connectivity index (χ3v) is 6.26. The number of fused-ring (bicyclic) bond motifs is 1. The van der Waals surface area contributed by atoms with Crippen molar-refractivity contribution in [3.8, 4) is 0 Å². The fourth-order valence-corrected chi connectivity index (χ4v) is 4.45. The fraction of sp³-hybridized carbons (Fsp3) is 0.571. The van der Waals surface area contributed by atoms with Crippen LogP contribution in [-0.4, -0.2) is 89.7 Å². The van der Waals surface area contributed by atoms with E-state index in [9.17, 15) is 19.5 Å². The number of carbonyl (C=O) groups excluding carboxylic acids is 2. The van der Waals surface area contributed by atoms with Gasteiger partial charge in [0.05, 0.1) is 6.54 Å². The van der Waals surface area contributed by atoms with E-state index in [1.54, 1.807) is 4.90 Å². The number of ether oxygens (including phenoxy) is 1. The van der Waals surface area contributed by atoms with Crippen molar-refractivity contribution >= 4 is 23.7 Å². The average molecular weight is 416 g/mol. The second-order valence-electron chi connectivity index (χ2n) is 8.37. The third-order valence-electron chi connectivity index (χ3n) is 6.26. The quantitative estimate of drug-likeness (QED) is 0.785. The van der Waals surface area contributed by atoms with E-state index < -0.39 is 24.2 Å². The number of anilines is 1. The van der Waals surface area contributed by atoms with Gasteiger partial charge in [0, 0.05) is 58.3 Å². The van der Waals surface area contributed by atoms with Crippen LogP contribution in [0.15, 0.2) is 18.2 Å². The molecule has 3 aliphatic heterocycles. The Labute approximate surface area is 175 Å². The van der Waals surface area contributed by atoms with E-state index in [1.807, 2.05) is 0 Å². The molecule has 0 radical (unpaired) electrons. The summed E-state index contributed by atoms with van der Waals surface area (Å²) in [6.45, 7) is 6.43. The first-order valence-corrected chi connectivity index (χ1v) is 10.3. The van der Waals surface area contributed by atoms with Crippen molar-refractivity contribution in [1.29, 1.82) is 0 Å². The Kier molecular flexibility index (Phi) is 5.55. The van der Waals surface area contributed by atoms with Crippen molar-refractivity contribution in [3.63, 3.8) is 0 Å². The lowest BCUT2D eigenvalue weighted by Gasteiger charge is -2.34. The Bertz CT molecular complexity index is 830. The molecule has 3 heterocycles. The number of nitrogens with zero attached hydrogens (tertiary/aromatic N) is 4. The summed E-state index contributed by atoms with van der Waals surface area (Å²) in [6, 6.07) is 5.39. The number of benzene rings is 1. The van der Waals surface area contributed by atoms with Crippen LogP contribution in [0.5, 0.6) is 0 Å². The molecule has 9 heteroatoms. The molecule has 0 saturated carbocycles. The molecule has 162 valence electrons. The van der Waals surface area contributed by atoms with Gasteiger partial charge in [-0.3, -0.25) is 9.69 Å². The lowest BCUT2D eigenvalue weighted by Crippen LogP contribution is -2.44. The minimum absolute atomic E-state index is 0.117. The highest BCUT2D eigenvalue weighted by atomic mass is 16.6. The lowest BCUT2D eigenvalue weighted by atomic mass is 10.1. The number of hydrogen-bond acceptors (Lipinski definition) is 6. The van der Waals surface area contributed by atoms with Crippen molar-refractivity contribution in [2.24, 2.45) is 0 Å². The predicted octanol–water partition coefficient (Wildman–Crippen LogP) is 0.965. The Morgan fingerprint density at radius 1 is 1.07 bits per heavy atom. The molecule has 2 fully saturated rings. The van der Waals surface area contributed by atoms with Gasteiger partial charge in [-0.1, -0.05) is 6.07 Å². The first-order valence-electron chi connectivity index (χ1n) is 10.3. The minimum atomic E-state index is -1.08. The van der Waals surface area contributed by atoms with Crippen LogP contribution in [0, 0.1) is 0 Å². The van der Waals surface area contributed by atoms with Crippen LogP contribution in [0.1, 0.15) is 24.5 Å². The van der Waals surface area contributed by atoms with Gasteiger partial charge < -0.3 is 24.5 Å². The standard InChI is InChI=1S/C21H28N4O5/c1-14(26)25-13-18(10-19(25)20(27)28)30-21(29)24-11-15-3-4-17(9-16(15)12-24)23-7-5-22(2)6-8-23/h3-4,9,18-19H,5-8,10-13H2,1-2H3,(H,27,28)/t18-,19+/m1/s1. The number of piperazine rings is 1. The van der Waals surface area contributed by atoms with Gasteiger partial charge in [0.15, 0.2) is 0 Å². The number of amides is 2. The van der Waals surface area contributed by atoms with Crippen LogP contribution in [0.3, 0.4) is 0 Å². The predicted molar refractivity (Wildman–Crippen MR) is 109 cm³/mol. The van der Waals surface area contributed by atoms with Gasteiger partial charge in [-0.2, -0.15) is 0 Å². The van der Waals surface area contributed by atoms with Gasteiger partial charge in [0.2, 0.25) is 5.91 Å². The molecular formula is C21H28N4O5. The molecule has 2 saturated heterocycles. The number of carboxylic acids is 1. The molecule has 1 N–H and O–H groups in total. The summed E-state index contributed by atoms with van der Waals surface area (Å²) >= 11 is 0. The number of carbonyl (C=O) groups is 3. The van der Waals surface area contributed by atoms with Gasteiger partial charge >= 0.3 is 12.1 Å². The number of likely N-dealkylation sites (tertiary alicyclic amines) is 1. The normalized spacial score (nSPS) is 24.1. The minimum Gasteiger partial charge on any atom is -0.480 e. The number of rotatable bonds is 3. The van der Waals surface area contributed by atoms with E-state index in [2.05, 4.69) is 35.0 Å². The van der Waals surface area contributed by atoms with Gasteiger partial charge in [0.25, 0.3) is 0 Å². The molecule has 0 unspecified atom stereocenters. The summed E-state index contributed by atoms with van der Waals surface area (Å²) in [7, 11) is 2.13. The van der Waals surface area contributed by atoms with Gasteiger partial charge in [-0.05, 0) is 30.3 Å². The zero-order chi connectivity index (χ0) is 21.4. The Morgan fingerprint density at radius 3 is 2.40 bits per heavy atom. The summed E-state index contributed by atoms with van der Waals surface area (Å²) in [5, 5.41) is 9.31. The van der Waals surface area contributed by atoms with E-state index in [1.165, 1.54) is 17.5 Å². The van der Waals surface area contributed by atoms with Crippen molar-refractivity contribution in [1.82, 2.24) is 14.7 Å². The largest absolute Gasteiger partial charge is 0.480 e. The highest BCUT2D eigenvalue weighted by Crippen LogP contribution is 2.29. The molecule has 3 aliphatic rings. The lowest BCUT2D eigenvalue weighted by molar-refractivity contribution is -0.147. The van der Waals surface area contributed by atoms with Crippen LogP contribution in [0.4, 0.5) is 10.5 Å². The zero-order valence-corrected chi connectivity index (χ0v) is 17.4. The zero-order valence-electron chi connectivity index (χ0n) is 17.4. The van der Waals surface area contributed by atoms with Crippen LogP contribution in [0.25, 0.3) is 0 Å². The van der Waals surface area contributed by atoms with Crippen molar-refractivity contribution < 1.29 is 24.2 Å². The molecule has 9 nitrogen and oxygen atoms in total. The first-order chi connectivity index (χ1) is 14.3. The smallest absolute Gasteiger partial charge is 0.410 e. The molecule has 0 spiro atoms. The maximum absolute atomic E-state index is 12.7. The number of hydrogen-bond donors (Lipinski definition) is 1. The van der Waals surface area contributed by atoms with Gasteiger partial charge in [-0.15, -0.1) is 0 Å². The second kappa shape index (κ2) is 8.14. The molecule has 0 aromatic heterocycles. The van der Waals surface area contributed by atoms with Crippen molar-refractivity contribution in [3.05, 3.63) is 29.3 Å². The topological polar surface area (TPSA) is 93.6 Å². The highest BCUT2D eigenvalue weighted by molar-refractivity contribution is 5.83. The van der Waals surface area contributed by atoms with E-state index in [0.717, 1.165) is 37.3 Å². The van der Waals surface area contributed by atoms with E-state index in [4.69, 9.17) is 4.74 Å². The molecule has 4 rings (SSSR count). The van der Waals surface area contributed by atoms with E-state index in [-0.39, 0.29) is 18.9 Å².